The molecule has 2 atom stereocenters. The molecule has 4 nitrogen and oxygen atoms in total. The molecule has 1 fully saturated rings. The number of likely N-dealkylation sites (tertiary alicyclic amines) is 1. The number of benzene rings is 1. The molecular formula is C19H25FN2O2. The molecule has 0 unspecified atom stereocenters. The number of halogens is 1. The van der Waals surface area contributed by atoms with Gasteiger partial charge in [0.1, 0.15) is 17.2 Å². The van der Waals surface area contributed by atoms with Gasteiger partial charge in [-0.1, -0.05) is 20.3 Å². The zero-order valence-electron chi connectivity index (χ0n) is 14.3. The molecule has 2 heterocycles. The van der Waals surface area contributed by atoms with Crippen molar-refractivity contribution in [2.45, 2.75) is 45.7 Å². The van der Waals surface area contributed by atoms with Crippen LogP contribution in [0.1, 0.15) is 38.9 Å². The molecule has 0 spiro atoms. The first-order valence-corrected chi connectivity index (χ1v) is 8.79. The van der Waals surface area contributed by atoms with E-state index in [1.54, 1.807) is 6.07 Å². The molecule has 1 aliphatic rings. The van der Waals surface area contributed by atoms with E-state index < -0.39 is 0 Å². The number of nitrogens with zero attached hydrogens (tertiary/aromatic N) is 1. The normalized spacial score (nSPS) is 21.4. The Morgan fingerprint density at radius 1 is 1.38 bits per heavy atom. The minimum absolute atomic E-state index is 0.242. The number of amides is 1. The van der Waals surface area contributed by atoms with E-state index in [1.807, 2.05) is 17.9 Å². The largest absolute Gasteiger partial charge is 0.460 e. The van der Waals surface area contributed by atoms with E-state index in [1.165, 1.54) is 12.1 Å². The summed E-state index contributed by atoms with van der Waals surface area (Å²) in [5.41, 5.74) is 0.712. The molecule has 3 rings (SSSR count). The van der Waals surface area contributed by atoms with E-state index in [2.05, 4.69) is 12.2 Å². The SMILES string of the molecule is CCC(=O)N1CC[C@@H](NCc2cc3cc(F)ccc3o2)[C@H](CC)C1. The van der Waals surface area contributed by atoms with Crippen molar-refractivity contribution in [3.63, 3.8) is 0 Å². The topological polar surface area (TPSA) is 45.5 Å². The molecule has 0 aliphatic carbocycles. The van der Waals surface area contributed by atoms with Gasteiger partial charge in [0.15, 0.2) is 0 Å². The van der Waals surface area contributed by atoms with Crippen LogP contribution in [0.3, 0.4) is 0 Å². The fraction of sp³-hybridized carbons (Fsp3) is 0.526. The van der Waals surface area contributed by atoms with Crippen LogP contribution in [0.4, 0.5) is 4.39 Å². The lowest BCUT2D eigenvalue weighted by Gasteiger charge is -2.38. The number of hydrogen-bond donors (Lipinski definition) is 1. The fourth-order valence-corrected chi connectivity index (χ4v) is 3.55. The van der Waals surface area contributed by atoms with E-state index in [0.29, 0.717) is 30.5 Å². The minimum Gasteiger partial charge on any atom is -0.460 e. The Balaban J connectivity index is 1.61. The van der Waals surface area contributed by atoms with Gasteiger partial charge in [-0.25, -0.2) is 4.39 Å². The lowest BCUT2D eigenvalue weighted by molar-refractivity contribution is -0.133. The highest BCUT2D eigenvalue weighted by Gasteiger charge is 2.29. The van der Waals surface area contributed by atoms with Crippen LogP contribution >= 0.6 is 0 Å². The summed E-state index contributed by atoms with van der Waals surface area (Å²) in [5, 5.41) is 4.36. The van der Waals surface area contributed by atoms with Crippen LogP contribution in [0.15, 0.2) is 28.7 Å². The van der Waals surface area contributed by atoms with Crippen LogP contribution in [0.2, 0.25) is 0 Å². The van der Waals surface area contributed by atoms with Crippen LogP contribution in [-0.2, 0) is 11.3 Å². The quantitative estimate of drug-likeness (QED) is 0.908. The number of rotatable bonds is 5. The van der Waals surface area contributed by atoms with Crippen LogP contribution in [0, 0.1) is 11.7 Å². The van der Waals surface area contributed by atoms with Gasteiger partial charge in [-0.05, 0) is 36.6 Å². The van der Waals surface area contributed by atoms with Gasteiger partial charge in [0.05, 0.1) is 6.54 Å². The third-order valence-electron chi connectivity index (χ3n) is 4.98. The fourth-order valence-electron chi connectivity index (χ4n) is 3.55. The summed E-state index contributed by atoms with van der Waals surface area (Å²) in [6.07, 6.45) is 2.57. The second-order valence-electron chi connectivity index (χ2n) is 6.53. The van der Waals surface area contributed by atoms with Crippen LogP contribution in [0.25, 0.3) is 11.0 Å². The minimum atomic E-state index is -0.248. The molecule has 130 valence electrons. The standard InChI is InChI=1S/C19H25FN2O2/c1-3-13-12-22(19(23)4-2)8-7-17(13)21-11-16-10-14-9-15(20)5-6-18(14)24-16/h5-6,9-10,13,17,21H,3-4,7-8,11-12H2,1-2H3/t13-,17-/m1/s1. The van der Waals surface area contributed by atoms with Gasteiger partial charge in [-0.15, -0.1) is 0 Å². The lowest BCUT2D eigenvalue weighted by Crippen LogP contribution is -2.50. The van der Waals surface area contributed by atoms with E-state index in [4.69, 9.17) is 4.42 Å². The first-order valence-electron chi connectivity index (χ1n) is 8.79. The monoisotopic (exact) mass is 332 g/mol. The highest BCUT2D eigenvalue weighted by atomic mass is 19.1. The Bertz CT molecular complexity index is 712. The molecule has 1 aliphatic heterocycles. The summed E-state index contributed by atoms with van der Waals surface area (Å²) < 4.78 is 19.0. The van der Waals surface area contributed by atoms with Crippen molar-refractivity contribution in [1.82, 2.24) is 10.2 Å². The van der Waals surface area contributed by atoms with Crippen LogP contribution in [-0.4, -0.2) is 29.9 Å². The molecule has 2 aromatic rings. The average Bonchev–Trinajstić information content (AvgIpc) is 3.01. The van der Waals surface area contributed by atoms with Gasteiger partial charge in [0, 0.05) is 30.9 Å². The van der Waals surface area contributed by atoms with Crippen molar-refractivity contribution in [3.8, 4) is 0 Å². The smallest absolute Gasteiger partial charge is 0.222 e. The molecule has 1 aromatic carbocycles. The van der Waals surface area contributed by atoms with Gasteiger partial charge in [-0.2, -0.15) is 0 Å². The lowest BCUT2D eigenvalue weighted by atomic mass is 9.89. The van der Waals surface area contributed by atoms with Crippen LogP contribution in [0.5, 0.6) is 0 Å². The first-order chi connectivity index (χ1) is 11.6. The molecule has 24 heavy (non-hydrogen) atoms. The Labute approximate surface area is 142 Å². The summed E-state index contributed by atoms with van der Waals surface area (Å²) in [6, 6.07) is 6.84. The Kier molecular flexibility index (Phi) is 5.19. The van der Waals surface area contributed by atoms with E-state index >= 15 is 0 Å². The number of furan rings is 1. The second kappa shape index (κ2) is 7.34. The molecule has 1 N–H and O–H groups in total. The first kappa shape index (κ1) is 17.0. The summed E-state index contributed by atoms with van der Waals surface area (Å²) >= 11 is 0. The molecule has 1 saturated heterocycles. The predicted molar refractivity (Wildman–Crippen MR) is 92.1 cm³/mol. The van der Waals surface area contributed by atoms with E-state index in [0.717, 1.165) is 37.1 Å². The predicted octanol–water partition coefficient (Wildman–Crippen LogP) is 3.70. The van der Waals surface area contributed by atoms with Crippen LogP contribution < -0.4 is 5.32 Å². The number of piperidine rings is 1. The number of nitrogens with one attached hydrogen (secondary N) is 1. The Morgan fingerprint density at radius 3 is 2.96 bits per heavy atom. The summed E-state index contributed by atoms with van der Waals surface area (Å²) in [7, 11) is 0. The van der Waals surface area contributed by atoms with Gasteiger partial charge < -0.3 is 14.6 Å². The number of carbonyl (C=O) groups excluding carboxylic acids is 1. The molecule has 0 radical (unpaired) electrons. The number of fused-ring (bicyclic) bond motifs is 1. The molecule has 0 bridgehead atoms. The highest BCUT2D eigenvalue weighted by molar-refractivity contribution is 5.77. The van der Waals surface area contributed by atoms with Crippen molar-refractivity contribution in [2.24, 2.45) is 5.92 Å². The van der Waals surface area contributed by atoms with Crippen molar-refractivity contribution in [3.05, 3.63) is 35.8 Å². The maximum absolute atomic E-state index is 13.3. The summed E-state index contributed by atoms with van der Waals surface area (Å²) in [6.45, 7) is 6.35. The zero-order valence-corrected chi connectivity index (χ0v) is 14.3. The van der Waals surface area contributed by atoms with E-state index in [-0.39, 0.29) is 11.7 Å². The number of carbonyl (C=O) groups is 1. The van der Waals surface area contributed by atoms with Crippen molar-refractivity contribution >= 4 is 16.9 Å². The molecule has 1 amide bonds. The highest BCUT2D eigenvalue weighted by Crippen LogP contribution is 2.23. The van der Waals surface area contributed by atoms with Gasteiger partial charge in [0.25, 0.3) is 0 Å². The Hall–Kier alpha value is -1.88. The van der Waals surface area contributed by atoms with Crippen molar-refractivity contribution in [1.29, 1.82) is 0 Å². The third kappa shape index (κ3) is 3.61. The van der Waals surface area contributed by atoms with Gasteiger partial charge >= 0.3 is 0 Å². The van der Waals surface area contributed by atoms with Crippen molar-refractivity contribution < 1.29 is 13.6 Å². The maximum Gasteiger partial charge on any atom is 0.222 e. The summed E-state index contributed by atoms with van der Waals surface area (Å²) in [5.74, 6) is 1.27. The molecule has 5 heteroatoms. The molecular weight excluding hydrogens is 307 g/mol. The summed E-state index contributed by atoms with van der Waals surface area (Å²) in [4.78, 5) is 13.9. The second-order valence-corrected chi connectivity index (χ2v) is 6.53. The number of hydrogen-bond acceptors (Lipinski definition) is 3. The van der Waals surface area contributed by atoms with Gasteiger partial charge in [-0.3, -0.25) is 4.79 Å². The van der Waals surface area contributed by atoms with Crippen molar-refractivity contribution in [2.75, 3.05) is 13.1 Å². The van der Waals surface area contributed by atoms with E-state index in [9.17, 15) is 9.18 Å². The van der Waals surface area contributed by atoms with Gasteiger partial charge in [0.2, 0.25) is 5.91 Å². The third-order valence-corrected chi connectivity index (χ3v) is 4.98. The average molecular weight is 332 g/mol. The Morgan fingerprint density at radius 2 is 2.21 bits per heavy atom. The maximum atomic E-state index is 13.3. The zero-order chi connectivity index (χ0) is 17.1. The molecule has 0 saturated carbocycles. The molecule has 1 aromatic heterocycles.